The van der Waals surface area contributed by atoms with Gasteiger partial charge in [-0.2, -0.15) is 0 Å². The molecule has 142 valence electrons. The maximum atomic E-state index is 11.1. The molecule has 1 nitrogen and oxygen atoms in total. The molecular formula is C23H44O. The molecule has 0 saturated heterocycles. The molecule has 0 spiro atoms. The Morgan fingerprint density at radius 3 is 1.58 bits per heavy atom. The molecule has 0 amide bonds. The number of rotatable bonds is 3. The molecule has 2 aliphatic carbocycles. The Kier molecular flexibility index (Phi) is 6.49. The zero-order valence-electron chi connectivity index (χ0n) is 17.6. The van der Waals surface area contributed by atoms with Crippen molar-refractivity contribution >= 4 is 0 Å². The van der Waals surface area contributed by atoms with Crippen molar-refractivity contribution in [2.45, 2.75) is 106 Å². The van der Waals surface area contributed by atoms with E-state index in [9.17, 15) is 5.11 Å². The Bertz CT molecular complexity index is 354. The van der Waals surface area contributed by atoms with Gasteiger partial charge >= 0.3 is 0 Å². The zero-order valence-corrected chi connectivity index (χ0v) is 17.6. The topological polar surface area (TPSA) is 20.2 Å². The molecule has 1 N–H and O–H groups in total. The summed E-state index contributed by atoms with van der Waals surface area (Å²) in [6, 6.07) is 0. The predicted molar refractivity (Wildman–Crippen MR) is 105 cm³/mol. The summed E-state index contributed by atoms with van der Waals surface area (Å²) < 4.78 is 0. The first-order chi connectivity index (χ1) is 11.0. The lowest BCUT2D eigenvalue weighted by molar-refractivity contribution is -0.0948. The van der Waals surface area contributed by atoms with Crippen molar-refractivity contribution in [1.82, 2.24) is 0 Å². The molecule has 0 radical (unpaired) electrons. The van der Waals surface area contributed by atoms with Crippen molar-refractivity contribution in [2.24, 2.45) is 40.4 Å². The van der Waals surface area contributed by atoms with E-state index in [1.54, 1.807) is 0 Å². The van der Waals surface area contributed by atoms with E-state index in [1.807, 2.05) is 0 Å². The van der Waals surface area contributed by atoms with Gasteiger partial charge in [-0.3, -0.25) is 0 Å². The van der Waals surface area contributed by atoms with Gasteiger partial charge in [0, 0.05) is 0 Å². The fourth-order valence-electron chi connectivity index (χ4n) is 5.78. The van der Waals surface area contributed by atoms with Gasteiger partial charge in [-0.25, -0.2) is 0 Å². The van der Waals surface area contributed by atoms with Crippen LogP contribution in [-0.4, -0.2) is 11.2 Å². The van der Waals surface area contributed by atoms with Gasteiger partial charge in [-0.05, 0) is 66.1 Å². The summed E-state index contributed by atoms with van der Waals surface area (Å²) in [5.74, 6) is 3.66. The lowest BCUT2D eigenvalue weighted by atomic mass is 9.55. The van der Waals surface area contributed by atoms with E-state index in [0.29, 0.717) is 11.8 Å². The smallest absolute Gasteiger partial charge is 0.0606 e. The molecule has 2 aliphatic rings. The number of hydrogen-bond donors (Lipinski definition) is 1. The molecule has 2 rings (SSSR count). The Labute approximate surface area is 152 Å². The normalized spacial score (nSPS) is 39.0. The zero-order chi connectivity index (χ0) is 18.1. The third-order valence-electron chi connectivity index (χ3n) is 7.42. The van der Waals surface area contributed by atoms with Gasteiger partial charge in [-0.1, -0.05) is 74.1 Å². The van der Waals surface area contributed by atoms with Crippen molar-refractivity contribution in [3.63, 3.8) is 0 Å². The van der Waals surface area contributed by atoms with Crippen LogP contribution in [0.2, 0.25) is 0 Å². The van der Waals surface area contributed by atoms with Crippen molar-refractivity contribution in [3.8, 4) is 0 Å². The summed E-state index contributed by atoms with van der Waals surface area (Å²) >= 11 is 0. The minimum atomic E-state index is -0.127. The van der Waals surface area contributed by atoms with Gasteiger partial charge in [0.15, 0.2) is 0 Å². The molecular weight excluding hydrogens is 292 g/mol. The fraction of sp³-hybridized carbons (Fsp3) is 1.00. The highest BCUT2D eigenvalue weighted by Crippen LogP contribution is 2.52. The van der Waals surface area contributed by atoms with E-state index in [-0.39, 0.29) is 16.9 Å². The minimum absolute atomic E-state index is 0.127. The second kappa shape index (κ2) is 7.68. The van der Waals surface area contributed by atoms with Crippen molar-refractivity contribution in [3.05, 3.63) is 0 Å². The highest BCUT2D eigenvalue weighted by atomic mass is 16.3. The molecule has 0 bridgehead atoms. The van der Waals surface area contributed by atoms with Crippen LogP contribution in [0.4, 0.5) is 0 Å². The first kappa shape index (κ1) is 20.3. The van der Waals surface area contributed by atoms with E-state index < -0.39 is 0 Å². The summed E-state index contributed by atoms with van der Waals surface area (Å²) in [6.07, 6.45) is 11.0. The lowest BCUT2D eigenvalue weighted by Gasteiger charge is -2.51. The first-order valence-electron chi connectivity index (χ1n) is 10.7. The van der Waals surface area contributed by atoms with Gasteiger partial charge in [0.05, 0.1) is 6.10 Å². The molecule has 1 heteroatoms. The average Bonchev–Trinajstić information content (AvgIpc) is 2.46. The monoisotopic (exact) mass is 336 g/mol. The van der Waals surface area contributed by atoms with E-state index in [4.69, 9.17) is 0 Å². The Balaban J connectivity index is 2.10. The summed E-state index contributed by atoms with van der Waals surface area (Å²) in [7, 11) is 0. The number of aliphatic hydroxyl groups excluding tert-OH is 1. The number of aliphatic hydroxyl groups is 1. The standard InChI is InChI=1S/C23H44O/c1-8-9-16-10-12-17(13-11-16)18-14-19(22(2,3)4)21(24)20(15-18)23(5,6)7/h16-21,24H,8-15H2,1-7H3. The largest absolute Gasteiger partial charge is 0.393 e. The molecule has 2 unspecified atom stereocenters. The summed E-state index contributed by atoms with van der Waals surface area (Å²) in [4.78, 5) is 0. The van der Waals surface area contributed by atoms with Crippen LogP contribution >= 0.6 is 0 Å². The van der Waals surface area contributed by atoms with Gasteiger partial charge < -0.3 is 5.11 Å². The van der Waals surface area contributed by atoms with Gasteiger partial charge in [0.2, 0.25) is 0 Å². The van der Waals surface area contributed by atoms with E-state index in [1.165, 1.54) is 51.4 Å². The molecule has 2 saturated carbocycles. The highest BCUT2D eigenvalue weighted by molar-refractivity contribution is 4.97. The SMILES string of the molecule is CCCC1CCC(C2CC(C(C)(C)C)C(O)C(C(C)(C)C)C2)CC1. The number of hydrogen-bond acceptors (Lipinski definition) is 1. The maximum Gasteiger partial charge on any atom is 0.0606 e. The molecule has 24 heavy (non-hydrogen) atoms. The van der Waals surface area contributed by atoms with Crippen LogP contribution in [0.3, 0.4) is 0 Å². The summed E-state index contributed by atoms with van der Waals surface area (Å²) in [5, 5.41) is 11.1. The van der Waals surface area contributed by atoms with Crippen molar-refractivity contribution < 1.29 is 5.11 Å². The Morgan fingerprint density at radius 1 is 0.750 bits per heavy atom. The Hall–Kier alpha value is -0.0400. The lowest BCUT2D eigenvalue weighted by Crippen LogP contribution is -2.49. The average molecular weight is 337 g/mol. The van der Waals surface area contributed by atoms with Gasteiger partial charge in [0.1, 0.15) is 0 Å². The predicted octanol–water partition coefficient (Wildman–Crippen LogP) is 6.69. The van der Waals surface area contributed by atoms with Crippen LogP contribution in [0.5, 0.6) is 0 Å². The third-order valence-corrected chi connectivity index (χ3v) is 7.42. The van der Waals surface area contributed by atoms with Crippen LogP contribution in [0.25, 0.3) is 0 Å². The molecule has 0 heterocycles. The van der Waals surface area contributed by atoms with Crippen LogP contribution in [0.15, 0.2) is 0 Å². The second-order valence-electron chi connectivity index (χ2n) is 11.2. The van der Waals surface area contributed by atoms with Crippen LogP contribution in [-0.2, 0) is 0 Å². The van der Waals surface area contributed by atoms with E-state index >= 15 is 0 Å². The molecule has 0 aromatic heterocycles. The Morgan fingerprint density at radius 2 is 1.21 bits per heavy atom. The minimum Gasteiger partial charge on any atom is -0.393 e. The van der Waals surface area contributed by atoms with Crippen molar-refractivity contribution in [1.29, 1.82) is 0 Å². The third kappa shape index (κ3) is 4.77. The highest BCUT2D eigenvalue weighted by Gasteiger charge is 2.47. The van der Waals surface area contributed by atoms with Gasteiger partial charge in [0.25, 0.3) is 0 Å². The molecule has 0 aromatic rings. The van der Waals surface area contributed by atoms with E-state index in [0.717, 1.165) is 17.8 Å². The van der Waals surface area contributed by atoms with Crippen LogP contribution in [0, 0.1) is 40.4 Å². The fourth-order valence-corrected chi connectivity index (χ4v) is 5.78. The maximum absolute atomic E-state index is 11.1. The summed E-state index contributed by atoms with van der Waals surface area (Å²) in [5.41, 5.74) is 0.419. The quantitative estimate of drug-likeness (QED) is 0.609. The van der Waals surface area contributed by atoms with Gasteiger partial charge in [-0.15, -0.1) is 0 Å². The molecule has 0 aliphatic heterocycles. The molecule has 2 atom stereocenters. The van der Waals surface area contributed by atoms with Crippen molar-refractivity contribution in [2.75, 3.05) is 0 Å². The molecule has 0 aromatic carbocycles. The van der Waals surface area contributed by atoms with Crippen LogP contribution in [0.1, 0.15) is 99.8 Å². The summed E-state index contributed by atoms with van der Waals surface area (Å²) in [6.45, 7) is 16.3. The second-order valence-corrected chi connectivity index (χ2v) is 11.2. The van der Waals surface area contributed by atoms with Crippen LogP contribution < -0.4 is 0 Å². The van der Waals surface area contributed by atoms with E-state index in [2.05, 4.69) is 48.5 Å². The molecule has 2 fully saturated rings. The first-order valence-corrected chi connectivity index (χ1v) is 10.7.